The fourth-order valence-corrected chi connectivity index (χ4v) is 2.25. The third kappa shape index (κ3) is 4.90. The van der Waals surface area contributed by atoms with Gasteiger partial charge in [-0.2, -0.15) is 0 Å². The smallest absolute Gasteiger partial charge is 0.234 e. The Bertz CT molecular complexity index is 453. The van der Waals surface area contributed by atoms with Gasteiger partial charge in [0, 0.05) is 23.7 Å². The van der Waals surface area contributed by atoms with Gasteiger partial charge in [-0.3, -0.25) is 9.69 Å². The van der Waals surface area contributed by atoms with Crippen LogP contribution in [-0.4, -0.2) is 35.5 Å². The topological polar surface area (TPSA) is 52.6 Å². The molecule has 0 atom stereocenters. The zero-order valence-corrected chi connectivity index (χ0v) is 12.6. The van der Waals surface area contributed by atoms with Crippen molar-refractivity contribution in [1.29, 1.82) is 0 Å². The van der Waals surface area contributed by atoms with Crippen LogP contribution in [0.5, 0.6) is 5.75 Å². The number of hydrogen-bond acceptors (Lipinski definition) is 3. The lowest BCUT2D eigenvalue weighted by Crippen LogP contribution is -2.36. The summed E-state index contributed by atoms with van der Waals surface area (Å²) in [5.74, 6) is -0.0302. The van der Waals surface area contributed by atoms with Crippen molar-refractivity contribution in [2.24, 2.45) is 0 Å². The maximum absolute atomic E-state index is 11.6. The highest BCUT2D eigenvalue weighted by Gasteiger charge is 2.13. The molecule has 19 heavy (non-hydrogen) atoms. The van der Waals surface area contributed by atoms with E-state index >= 15 is 0 Å². The van der Waals surface area contributed by atoms with Crippen molar-refractivity contribution < 1.29 is 9.90 Å². The van der Waals surface area contributed by atoms with Gasteiger partial charge < -0.3 is 10.4 Å². The van der Waals surface area contributed by atoms with Gasteiger partial charge >= 0.3 is 0 Å². The highest BCUT2D eigenvalue weighted by molar-refractivity contribution is 6.35. The highest BCUT2D eigenvalue weighted by Crippen LogP contribution is 2.31. The van der Waals surface area contributed by atoms with E-state index in [2.05, 4.69) is 5.32 Å². The molecule has 0 unspecified atom stereocenters. The first kappa shape index (κ1) is 16.1. The molecule has 0 aliphatic carbocycles. The van der Waals surface area contributed by atoms with Gasteiger partial charge in [0.25, 0.3) is 0 Å². The summed E-state index contributed by atoms with van der Waals surface area (Å²) < 4.78 is 0. The summed E-state index contributed by atoms with van der Waals surface area (Å²) in [6.07, 6.45) is 0. The number of amides is 1. The van der Waals surface area contributed by atoms with Crippen LogP contribution in [0.25, 0.3) is 0 Å². The number of phenols is 1. The molecule has 0 aliphatic heterocycles. The SMILES string of the molecule is CCNC(=O)CN(CC)Cc1cc(Cl)cc(Cl)c1O. The molecule has 1 aromatic rings. The third-order valence-corrected chi connectivity index (χ3v) is 3.20. The summed E-state index contributed by atoms with van der Waals surface area (Å²) in [4.78, 5) is 13.4. The highest BCUT2D eigenvalue weighted by atomic mass is 35.5. The van der Waals surface area contributed by atoms with E-state index in [1.165, 1.54) is 6.07 Å². The molecule has 2 N–H and O–H groups in total. The number of phenolic OH excluding ortho intramolecular Hbond substituents is 1. The molecule has 1 rings (SSSR count). The number of halogens is 2. The van der Waals surface area contributed by atoms with Crippen molar-refractivity contribution in [3.63, 3.8) is 0 Å². The molecule has 0 heterocycles. The molecule has 6 heteroatoms. The van der Waals surface area contributed by atoms with Crippen LogP contribution in [0.3, 0.4) is 0 Å². The first-order chi connectivity index (χ1) is 8.97. The number of carbonyl (C=O) groups is 1. The molecule has 4 nitrogen and oxygen atoms in total. The number of likely N-dealkylation sites (N-methyl/N-ethyl adjacent to an activating group) is 2. The van der Waals surface area contributed by atoms with Crippen molar-refractivity contribution in [2.45, 2.75) is 20.4 Å². The monoisotopic (exact) mass is 304 g/mol. The van der Waals surface area contributed by atoms with E-state index in [0.717, 1.165) is 0 Å². The summed E-state index contributed by atoms with van der Waals surface area (Å²) in [6, 6.07) is 3.14. The van der Waals surface area contributed by atoms with Crippen LogP contribution in [0, 0.1) is 0 Å². The van der Waals surface area contributed by atoms with Gasteiger partial charge in [0.15, 0.2) is 0 Å². The van der Waals surface area contributed by atoms with Crippen LogP contribution in [0.15, 0.2) is 12.1 Å². The number of nitrogens with one attached hydrogen (secondary N) is 1. The van der Waals surface area contributed by atoms with Gasteiger partial charge in [0.05, 0.1) is 11.6 Å². The lowest BCUT2D eigenvalue weighted by molar-refractivity contribution is -0.122. The summed E-state index contributed by atoms with van der Waals surface area (Å²) in [7, 11) is 0. The Kier molecular flexibility index (Phi) is 6.42. The van der Waals surface area contributed by atoms with Gasteiger partial charge in [-0.1, -0.05) is 30.1 Å². The molecule has 0 bridgehead atoms. The summed E-state index contributed by atoms with van der Waals surface area (Å²) in [6.45, 7) is 5.79. The maximum atomic E-state index is 11.6. The molecule has 1 amide bonds. The van der Waals surface area contributed by atoms with Crippen molar-refractivity contribution in [2.75, 3.05) is 19.6 Å². The van der Waals surface area contributed by atoms with Crippen LogP contribution in [0.2, 0.25) is 10.0 Å². The molecule has 0 fully saturated rings. The van der Waals surface area contributed by atoms with Gasteiger partial charge in [0.2, 0.25) is 5.91 Å². The number of carbonyl (C=O) groups excluding carboxylic acids is 1. The van der Waals surface area contributed by atoms with E-state index in [4.69, 9.17) is 23.2 Å². The van der Waals surface area contributed by atoms with Crippen molar-refractivity contribution in [3.05, 3.63) is 27.7 Å². The second kappa shape index (κ2) is 7.58. The lowest BCUT2D eigenvalue weighted by atomic mass is 10.2. The molecular formula is C13H18Cl2N2O2. The van der Waals surface area contributed by atoms with Crippen LogP contribution < -0.4 is 5.32 Å². The Balaban J connectivity index is 2.78. The molecule has 0 aromatic heterocycles. The predicted molar refractivity (Wildman–Crippen MR) is 77.8 cm³/mol. The zero-order valence-electron chi connectivity index (χ0n) is 11.0. The fraction of sp³-hybridized carbons (Fsp3) is 0.462. The van der Waals surface area contributed by atoms with Crippen LogP contribution in [0.1, 0.15) is 19.4 Å². The van der Waals surface area contributed by atoms with Crippen molar-refractivity contribution in [1.82, 2.24) is 10.2 Å². The van der Waals surface area contributed by atoms with Crippen molar-refractivity contribution >= 4 is 29.1 Å². The van der Waals surface area contributed by atoms with E-state index in [1.807, 2.05) is 18.7 Å². The second-order valence-corrected chi connectivity index (χ2v) is 5.00. The molecule has 0 radical (unpaired) electrons. The molecule has 106 valence electrons. The minimum atomic E-state index is -0.0445. The van der Waals surface area contributed by atoms with Gasteiger partial charge in [-0.25, -0.2) is 0 Å². The van der Waals surface area contributed by atoms with Crippen LogP contribution >= 0.6 is 23.2 Å². The number of nitrogens with zero attached hydrogens (tertiary/aromatic N) is 1. The van der Waals surface area contributed by atoms with Gasteiger partial charge in [-0.15, -0.1) is 0 Å². The molecule has 0 saturated heterocycles. The average Bonchev–Trinajstić information content (AvgIpc) is 2.34. The van der Waals surface area contributed by atoms with Gasteiger partial charge in [0.1, 0.15) is 5.75 Å². The largest absolute Gasteiger partial charge is 0.506 e. The zero-order chi connectivity index (χ0) is 14.4. The molecule has 0 saturated carbocycles. The van der Waals surface area contributed by atoms with Crippen LogP contribution in [-0.2, 0) is 11.3 Å². The van der Waals surface area contributed by atoms with E-state index in [9.17, 15) is 9.90 Å². The fourth-order valence-electron chi connectivity index (χ4n) is 1.72. The molecule has 0 aliphatic rings. The first-order valence-electron chi connectivity index (χ1n) is 6.13. The third-order valence-electron chi connectivity index (χ3n) is 2.69. The van der Waals surface area contributed by atoms with Crippen molar-refractivity contribution in [3.8, 4) is 5.75 Å². The van der Waals surface area contributed by atoms with E-state index in [1.54, 1.807) is 6.07 Å². The average molecular weight is 305 g/mol. The summed E-state index contributed by atoms with van der Waals surface area (Å²) >= 11 is 11.8. The molecule has 0 spiro atoms. The van der Waals surface area contributed by atoms with Crippen LogP contribution in [0.4, 0.5) is 0 Å². The Morgan fingerprint density at radius 1 is 1.37 bits per heavy atom. The summed E-state index contributed by atoms with van der Waals surface area (Å²) in [5, 5.41) is 13.3. The van der Waals surface area contributed by atoms with Gasteiger partial charge in [-0.05, 0) is 25.6 Å². The number of hydrogen-bond donors (Lipinski definition) is 2. The Morgan fingerprint density at radius 3 is 2.63 bits per heavy atom. The Morgan fingerprint density at radius 2 is 2.05 bits per heavy atom. The quantitative estimate of drug-likeness (QED) is 0.849. The lowest BCUT2D eigenvalue weighted by Gasteiger charge is -2.20. The first-order valence-corrected chi connectivity index (χ1v) is 6.89. The maximum Gasteiger partial charge on any atom is 0.234 e. The van der Waals surface area contributed by atoms with E-state index < -0.39 is 0 Å². The Labute approximate surface area is 123 Å². The number of aromatic hydroxyl groups is 1. The van der Waals surface area contributed by atoms with E-state index in [-0.39, 0.29) is 23.2 Å². The minimum Gasteiger partial charge on any atom is -0.506 e. The number of rotatable bonds is 6. The standard InChI is InChI=1S/C13H18Cl2N2O2/c1-3-16-12(18)8-17(4-2)7-9-5-10(14)6-11(15)13(9)19/h5-6,19H,3-4,7-8H2,1-2H3,(H,16,18). The minimum absolute atomic E-state index is 0.0143. The van der Waals surface area contributed by atoms with E-state index in [0.29, 0.717) is 30.2 Å². The Hall–Kier alpha value is -0.970. The number of benzene rings is 1. The summed E-state index contributed by atoms with van der Waals surface area (Å²) in [5.41, 5.74) is 0.614. The molecule has 1 aromatic carbocycles. The predicted octanol–water partition coefficient (Wildman–Crippen LogP) is 2.66. The second-order valence-electron chi connectivity index (χ2n) is 4.15. The molecular weight excluding hydrogens is 287 g/mol. The normalized spacial score (nSPS) is 10.8.